The summed E-state index contributed by atoms with van der Waals surface area (Å²) in [5.74, 6) is 0.876. The molecule has 0 saturated heterocycles. The van der Waals surface area contributed by atoms with Crippen LogP contribution < -0.4 is 4.74 Å². The number of hydrogen-bond donors (Lipinski definition) is 1. The minimum atomic E-state index is 0.170. The number of rotatable bonds is 8. The van der Waals surface area contributed by atoms with Gasteiger partial charge in [-0.15, -0.1) is 0 Å². The predicted molar refractivity (Wildman–Crippen MR) is 83.3 cm³/mol. The van der Waals surface area contributed by atoms with Gasteiger partial charge in [0, 0.05) is 32.0 Å². The van der Waals surface area contributed by atoms with Gasteiger partial charge in [0.15, 0.2) is 0 Å². The van der Waals surface area contributed by atoms with E-state index in [-0.39, 0.29) is 6.61 Å². The van der Waals surface area contributed by atoms with E-state index in [1.807, 2.05) is 24.4 Å². The van der Waals surface area contributed by atoms with Crippen molar-refractivity contribution in [3.05, 3.63) is 59.9 Å². The van der Waals surface area contributed by atoms with Crippen LogP contribution in [0.4, 0.5) is 0 Å². The summed E-state index contributed by atoms with van der Waals surface area (Å²) in [5, 5.41) is 9.21. The standard InChI is InChI=1S/C17H22N2O2/c1-21-17-6-4-15(5-7-17)8-10-19(11-12-20)14-16-3-2-9-18-13-16/h2-7,9,13,20H,8,10-12,14H2,1H3. The second-order valence-corrected chi connectivity index (χ2v) is 4.96. The third-order valence-electron chi connectivity index (χ3n) is 3.42. The molecule has 0 unspecified atom stereocenters. The Balaban J connectivity index is 1.89. The quantitative estimate of drug-likeness (QED) is 0.807. The Bertz CT molecular complexity index is 514. The van der Waals surface area contributed by atoms with Crippen molar-refractivity contribution in [1.29, 1.82) is 0 Å². The van der Waals surface area contributed by atoms with Crippen molar-refractivity contribution in [2.75, 3.05) is 26.8 Å². The average Bonchev–Trinajstić information content (AvgIpc) is 2.54. The van der Waals surface area contributed by atoms with E-state index in [9.17, 15) is 5.11 Å². The molecule has 0 saturated carbocycles. The lowest BCUT2D eigenvalue weighted by Crippen LogP contribution is -2.28. The van der Waals surface area contributed by atoms with Gasteiger partial charge in [0.05, 0.1) is 13.7 Å². The molecule has 112 valence electrons. The maximum Gasteiger partial charge on any atom is 0.118 e. The SMILES string of the molecule is COc1ccc(CCN(CCO)Cc2cccnc2)cc1. The number of nitrogens with zero attached hydrogens (tertiary/aromatic N) is 2. The van der Waals surface area contributed by atoms with E-state index in [2.05, 4.69) is 28.1 Å². The smallest absolute Gasteiger partial charge is 0.118 e. The van der Waals surface area contributed by atoms with Gasteiger partial charge in [-0.1, -0.05) is 18.2 Å². The summed E-state index contributed by atoms with van der Waals surface area (Å²) < 4.78 is 5.16. The van der Waals surface area contributed by atoms with Crippen LogP contribution in [0.15, 0.2) is 48.8 Å². The Morgan fingerprint density at radius 1 is 1.10 bits per heavy atom. The molecule has 1 aromatic carbocycles. The van der Waals surface area contributed by atoms with Crippen LogP contribution in [0, 0.1) is 0 Å². The summed E-state index contributed by atoms with van der Waals surface area (Å²) in [6.45, 7) is 2.56. The fourth-order valence-electron chi connectivity index (χ4n) is 2.24. The molecule has 0 atom stereocenters. The van der Waals surface area contributed by atoms with Crippen LogP contribution in [0.1, 0.15) is 11.1 Å². The van der Waals surface area contributed by atoms with E-state index in [0.717, 1.165) is 25.3 Å². The lowest BCUT2D eigenvalue weighted by molar-refractivity contribution is 0.191. The second-order valence-electron chi connectivity index (χ2n) is 4.96. The van der Waals surface area contributed by atoms with E-state index in [0.29, 0.717) is 6.54 Å². The zero-order valence-electron chi connectivity index (χ0n) is 12.4. The van der Waals surface area contributed by atoms with Crippen molar-refractivity contribution in [2.24, 2.45) is 0 Å². The minimum absolute atomic E-state index is 0.170. The molecule has 4 nitrogen and oxygen atoms in total. The summed E-state index contributed by atoms with van der Waals surface area (Å²) in [6.07, 6.45) is 4.60. The molecule has 2 rings (SSSR count). The van der Waals surface area contributed by atoms with Crippen molar-refractivity contribution in [2.45, 2.75) is 13.0 Å². The van der Waals surface area contributed by atoms with Crippen molar-refractivity contribution in [3.63, 3.8) is 0 Å². The number of pyridine rings is 1. The van der Waals surface area contributed by atoms with Crippen molar-refractivity contribution in [3.8, 4) is 5.75 Å². The fraction of sp³-hybridized carbons (Fsp3) is 0.353. The van der Waals surface area contributed by atoms with Crippen LogP contribution in [0.25, 0.3) is 0 Å². The molecular weight excluding hydrogens is 264 g/mol. The third kappa shape index (κ3) is 5.17. The van der Waals surface area contributed by atoms with E-state index >= 15 is 0 Å². The van der Waals surface area contributed by atoms with Crippen LogP contribution in [-0.2, 0) is 13.0 Å². The topological polar surface area (TPSA) is 45.6 Å². The van der Waals surface area contributed by atoms with Gasteiger partial charge < -0.3 is 9.84 Å². The lowest BCUT2D eigenvalue weighted by Gasteiger charge is -2.21. The molecule has 0 fully saturated rings. The normalized spacial score (nSPS) is 10.8. The predicted octanol–water partition coefficient (Wildman–Crippen LogP) is 2.13. The zero-order chi connectivity index (χ0) is 14.9. The lowest BCUT2D eigenvalue weighted by atomic mass is 10.1. The maximum atomic E-state index is 9.21. The molecule has 1 N–H and O–H groups in total. The molecule has 0 radical (unpaired) electrons. The highest BCUT2D eigenvalue weighted by Gasteiger charge is 2.06. The van der Waals surface area contributed by atoms with E-state index in [4.69, 9.17) is 4.74 Å². The average molecular weight is 286 g/mol. The molecule has 1 aromatic heterocycles. The van der Waals surface area contributed by atoms with E-state index in [1.165, 1.54) is 11.1 Å². The van der Waals surface area contributed by atoms with Crippen LogP contribution in [0.5, 0.6) is 5.75 Å². The van der Waals surface area contributed by atoms with Gasteiger partial charge in [-0.3, -0.25) is 9.88 Å². The first-order valence-corrected chi connectivity index (χ1v) is 7.17. The number of aromatic nitrogens is 1. The van der Waals surface area contributed by atoms with Gasteiger partial charge in [0.1, 0.15) is 5.75 Å². The number of aliphatic hydroxyl groups is 1. The molecular formula is C17H22N2O2. The first-order chi connectivity index (χ1) is 10.3. The Kier molecular flexibility index (Phi) is 6.19. The summed E-state index contributed by atoms with van der Waals surface area (Å²) >= 11 is 0. The van der Waals surface area contributed by atoms with Gasteiger partial charge in [-0.2, -0.15) is 0 Å². The summed E-state index contributed by atoms with van der Waals surface area (Å²) in [5.41, 5.74) is 2.44. The van der Waals surface area contributed by atoms with Gasteiger partial charge in [0.25, 0.3) is 0 Å². The molecule has 0 bridgehead atoms. The first-order valence-electron chi connectivity index (χ1n) is 7.17. The Morgan fingerprint density at radius 2 is 1.90 bits per heavy atom. The Labute approximate surface area is 126 Å². The number of methoxy groups -OCH3 is 1. The zero-order valence-corrected chi connectivity index (χ0v) is 12.4. The van der Waals surface area contributed by atoms with Gasteiger partial charge in [-0.25, -0.2) is 0 Å². The Morgan fingerprint density at radius 3 is 2.52 bits per heavy atom. The Hall–Kier alpha value is -1.91. The van der Waals surface area contributed by atoms with Crippen LogP contribution in [-0.4, -0.2) is 41.8 Å². The number of aliphatic hydroxyl groups excluding tert-OH is 1. The van der Waals surface area contributed by atoms with Crippen LogP contribution >= 0.6 is 0 Å². The molecule has 0 aliphatic heterocycles. The van der Waals surface area contributed by atoms with Crippen LogP contribution in [0.2, 0.25) is 0 Å². The van der Waals surface area contributed by atoms with Crippen molar-refractivity contribution < 1.29 is 9.84 Å². The minimum Gasteiger partial charge on any atom is -0.497 e. The number of hydrogen-bond acceptors (Lipinski definition) is 4. The van der Waals surface area contributed by atoms with E-state index in [1.54, 1.807) is 13.3 Å². The monoisotopic (exact) mass is 286 g/mol. The molecule has 0 aliphatic carbocycles. The summed E-state index contributed by atoms with van der Waals surface area (Å²) in [6, 6.07) is 12.1. The van der Waals surface area contributed by atoms with Gasteiger partial charge >= 0.3 is 0 Å². The molecule has 2 aromatic rings. The van der Waals surface area contributed by atoms with E-state index < -0.39 is 0 Å². The highest BCUT2D eigenvalue weighted by Crippen LogP contribution is 2.12. The fourth-order valence-corrected chi connectivity index (χ4v) is 2.24. The van der Waals surface area contributed by atoms with Gasteiger partial charge in [0.2, 0.25) is 0 Å². The second kappa shape index (κ2) is 8.39. The van der Waals surface area contributed by atoms with Crippen LogP contribution in [0.3, 0.4) is 0 Å². The number of ether oxygens (including phenoxy) is 1. The van der Waals surface area contributed by atoms with Gasteiger partial charge in [-0.05, 0) is 35.7 Å². The molecule has 1 heterocycles. The molecule has 0 aliphatic rings. The largest absolute Gasteiger partial charge is 0.497 e. The summed E-state index contributed by atoms with van der Waals surface area (Å²) in [4.78, 5) is 6.37. The maximum absolute atomic E-state index is 9.21. The molecule has 0 amide bonds. The number of benzene rings is 1. The van der Waals surface area contributed by atoms with Crippen molar-refractivity contribution >= 4 is 0 Å². The molecule has 0 spiro atoms. The highest BCUT2D eigenvalue weighted by molar-refractivity contribution is 5.27. The first kappa shape index (κ1) is 15.5. The van der Waals surface area contributed by atoms with Crippen molar-refractivity contribution in [1.82, 2.24) is 9.88 Å². The highest BCUT2D eigenvalue weighted by atomic mass is 16.5. The third-order valence-corrected chi connectivity index (χ3v) is 3.42. The molecule has 21 heavy (non-hydrogen) atoms. The summed E-state index contributed by atoms with van der Waals surface area (Å²) in [7, 11) is 1.67. The molecule has 4 heteroatoms.